The lowest BCUT2D eigenvalue weighted by molar-refractivity contribution is 0.0715. The lowest BCUT2D eigenvalue weighted by Crippen LogP contribution is -2.37. The van der Waals surface area contributed by atoms with Gasteiger partial charge in [-0.3, -0.25) is 9.59 Å². The van der Waals surface area contributed by atoms with Gasteiger partial charge in [0.2, 0.25) is 0 Å². The van der Waals surface area contributed by atoms with Gasteiger partial charge >= 0.3 is 0 Å². The van der Waals surface area contributed by atoms with Gasteiger partial charge in [-0.1, -0.05) is 11.6 Å². The largest absolute Gasteiger partial charge is 0.337 e. The van der Waals surface area contributed by atoms with Crippen molar-refractivity contribution in [1.82, 2.24) is 9.80 Å². The summed E-state index contributed by atoms with van der Waals surface area (Å²) >= 11 is 5.82. The van der Waals surface area contributed by atoms with Crippen LogP contribution in [-0.2, 0) is 0 Å². The van der Waals surface area contributed by atoms with Crippen LogP contribution in [0.2, 0.25) is 5.02 Å². The number of hydrogen-bond donors (Lipinski definition) is 0. The smallest absolute Gasteiger partial charge is 0.257 e. The predicted molar refractivity (Wildman–Crippen MR) is 94.2 cm³/mol. The highest BCUT2D eigenvalue weighted by atomic mass is 35.5. The number of halogens is 4. The van der Waals surface area contributed by atoms with E-state index in [9.17, 15) is 22.8 Å². The zero-order chi connectivity index (χ0) is 19.6. The van der Waals surface area contributed by atoms with Crippen molar-refractivity contribution in [3.63, 3.8) is 0 Å². The summed E-state index contributed by atoms with van der Waals surface area (Å²) in [5, 5.41) is 0.521. The molecule has 0 spiro atoms. The van der Waals surface area contributed by atoms with Crippen molar-refractivity contribution < 1.29 is 22.8 Å². The van der Waals surface area contributed by atoms with Crippen molar-refractivity contribution in [2.45, 2.75) is 6.42 Å². The van der Waals surface area contributed by atoms with Crippen molar-refractivity contribution in [3.8, 4) is 0 Å². The fraction of sp³-hybridized carbons (Fsp3) is 0.263. The SMILES string of the molecule is O=C(c1ccc(Cl)cc1)N1CCCN(C(=O)c2ccc(F)c(F)c2F)CC1. The molecule has 3 rings (SSSR count). The fourth-order valence-electron chi connectivity index (χ4n) is 2.96. The minimum atomic E-state index is -1.67. The minimum Gasteiger partial charge on any atom is -0.337 e. The van der Waals surface area contributed by atoms with Gasteiger partial charge in [-0.15, -0.1) is 0 Å². The topological polar surface area (TPSA) is 40.6 Å². The second-order valence-electron chi connectivity index (χ2n) is 6.17. The van der Waals surface area contributed by atoms with E-state index in [4.69, 9.17) is 11.6 Å². The van der Waals surface area contributed by atoms with Crippen LogP contribution in [0.4, 0.5) is 13.2 Å². The Kier molecular flexibility index (Phi) is 5.70. The molecule has 1 heterocycles. The summed E-state index contributed by atoms with van der Waals surface area (Å²) in [7, 11) is 0. The summed E-state index contributed by atoms with van der Waals surface area (Å²) in [6.45, 7) is 1.11. The summed E-state index contributed by atoms with van der Waals surface area (Å²) in [6, 6.07) is 8.13. The molecule has 0 bridgehead atoms. The Hall–Kier alpha value is -2.54. The molecule has 27 heavy (non-hydrogen) atoms. The third-order valence-corrected chi connectivity index (χ3v) is 4.68. The van der Waals surface area contributed by atoms with E-state index in [1.54, 1.807) is 29.2 Å². The van der Waals surface area contributed by atoms with Crippen LogP contribution in [0, 0.1) is 17.5 Å². The van der Waals surface area contributed by atoms with Gasteiger partial charge in [0.25, 0.3) is 11.8 Å². The average Bonchev–Trinajstić information content (AvgIpc) is 2.92. The second kappa shape index (κ2) is 8.00. The molecule has 1 fully saturated rings. The summed E-state index contributed by atoms with van der Waals surface area (Å²) < 4.78 is 40.4. The molecule has 0 aliphatic carbocycles. The molecular weight excluding hydrogens is 381 g/mol. The van der Waals surface area contributed by atoms with Gasteiger partial charge in [0, 0.05) is 36.8 Å². The zero-order valence-corrected chi connectivity index (χ0v) is 15.0. The molecule has 1 aliphatic heterocycles. The van der Waals surface area contributed by atoms with Crippen molar-refractivity contribution in [2.75, 3.05) is 26.2 Å². The molecule has 0 atom stereocenters. The Labute approximate surface area is 159 Å². The Morgan fingerprint density at radius 1 is 0.778 bits per heavy atom. The third-order valence-electron chi connectivity index (χ3n) is 4.43. The number of rotatable bonds is 2. The normalized spacial score (nSPS) is 14.8. The van der Waals surface area contributed by atoms with E-state index in [1.165, 1.54) is 4.90 Å². The van der Waals surface area contributed by atoms with Crippen LogP contribution in [0.1, 0.15) is 27.1 Å². The van der Waals surface area contributed by atoms with Gasteiger partial charge in [-0.05, 0) is 42.8 Å². The zero-order valence-electron chi connectivity index (χ0n) is 14.2. The molecule has 1 saturated heterocycles. The Bertz CT molecular complexity index is 874. The van der Waals surface area contributed by atoms with E-state index >= 15 is 0 Å². The summed E-state index contributed by atoms with van der Waals surface area (Å²) in [5.74, 6) is -5.44. The highest BCUT2D eigenvalue weighted by Crippen LogP contribution is 2.19. The van der Waals surface area contributed by atoms with Crippen molar-refractivity contribution in [2.24, 2.45) is 0 Å². The van der Waals surface area contributed by atoms with Crippen LogP contribution in [0.15, 0.2) is 36.4 Å². The van der Waals surface area contributed by atoms with Gasteiger partial charge in [0.1, 0.15) is 0 Å². The van der Waals surface area contributed by atoms with E-state index in [0.29, 0.717) is 23.6 Å². The molecule has 4 nitrogen and oxygen atoms in total. The molecule has 0 saturated carbocycles. The predicted octanol–water partition coefficient (Wildman–Crippen LogP) is 3.75. The van der Waals surface area contributed by atoms with Crippen LogP contribution in [0.5, 0.6) is 0 Å². The van der Waals surface area contributed by atoms with Gasteiger partial charge in [0.15, 0.2) is 17.5 Å². The molecule has 2 aromatic carbocycles. The van der Waals surface area contributed by atoms with E-state index in [-0.39, 0.29) is 25.5 Å². The lowest BCUT2D eigenvalue weighted by atomic mass is 10.1. The van der Waals surface area contributed by atoms with Crippen LogP contribution in [0.3, 0.4) is 0 Å². The summed E-state index contributed by atoms with van der Waals surface area (Å²) in [4.78, 5) is 28.0. The lowest BCUT2D eigenvalue weighted by Gasteiger charge is -2.22. The number of carbonyl (C=O) groups is 2. The van der Waals surface area contributed by atoms with Crippen LogP contribution in [0.25, 0.3) is 0 Å². The number of hydrogen-bond acceptors (Lipinski definition) is 2. The van der Waals surface area contributed by atoms with Crippen LogP contribution < -0.4 is 0 Å². The number of nitrogens with zero attached hydrogens (tertiary/aromatic N) is 2. The maximum Gasteiger partial charge on any atom is 0.257 e. The molecule has 1 aliphatic rings. The number of benzene rings is 2. The first-order valence-corrected chi connectivity index (χ1v) is 8.74. The standard InChI is InChI=1S/C19H16ClF3N2O2/c20-13-4-2-12(3-5-13)18(26)24-8-1-9-25(11-10-24)19(27)14-6-7-15(21)17(23)16(14)22/h2-7H,1,8-11H2. The van der Waals surface area contributed by atoms with Gasteiger partial charge < -0.3 is 9.80 Å². The first-order valence-electron chi connectivity index (χ1n) is 8.36. The fourth-order valence-corrected chi connectivity index (χ4v) is 3.09. The molecule has 0 aromatic heterocycles. The molecule has 2 aromatic rings. The molecule has 0 radical (unpaired) electrons. The molecule has 0 unspecified atom stereocenters. The summed E-state index contributed by atoms with van der Waals surface area (Å²) in [6.07, 6.45) is 0.483. The first-order chi connectivity index (χ1) is 12.9. The van der Waals surface area contributed by atoms with Crippen molar-refractivity contribution in [1.29, 1.82) is 0 Å². The number of carbonyl (C=O) groups excluding carboxylic acids is 2. The highest BCUT2D eigenvalue weighted by molar-refractivity contribution is 6.30. The van der Waals surface area contributed by atoms with Crippen molar-refractivity contribution in [3.05, 3.63) is 70.0 Å². The molecule has 8 heteroatoms. The van der Waals surface area contributed by atoms with Gasteiger partial charge in [0.05, 0.1) is 5.56 Å². The van der Waals surface area contributed by atoms with E-state index in [1.807, 2.05) is 0 Å². The quantitative estimate of drug-likeness (QED) is 0.725. The van der Waals surface area contributed by atoms with E-state index in [2.05, 4.69) is 0 Å². The molecule has 2 amide bonds. The molecular formula is C19H16ClF3N2O2. The summed E-state index contributed by atoms with van der Waals surface area (Å²) in [5.41, 5.74) is -0.0443. The van der Waals surface area contributed by atoms with Crippen LogP contribution >= 0.6 is 11.6 Å². The Balaban J connectivity index is 1.71. The Morgan fingerprint density at radius 2 is 1.37 bits per heavy atom. The van der Waals surface area contributed by atoms with Crippen LogP contribution in [-0.4, -0.2) is 47.8 Å². The highest BCUT2D eigenvalue weighted by Gasteiger charge is 2.26. The van der Waals surface area contributed by atoms with Crippen molar-refractivity contribution >= 4 is 23.4 Å². The van der Waals surface area contributed by atoms with E-state index in [0.717, 1.165) is 12.1 Å². The first kappa shape index (κ1) is 19.2. The van der Waals surface area contributed by atoms with E-state index < -0.39 is 28.9 Å². The maximum absolute atomic E-state index is 13.9. The second-order valence-corrected chi connectivity index (χ2v) is 6.60. The molecule has 142 valence electrons. The number of amides is 2. The van der Waals surface area contributed by atoms with Gasteiger partial charge in [-0.2, -0.15) is 0 Å². The maximum atomic E-state index is 13.9. The molecule has 0 N–H and O–H groups in total. The third kappa shape index (κ3) is 4.08. The van der Waals surface area contributed by atoms with Gasteiger partial charge in [-0.25, -0.2) is 13.2 Å². The monoisotopic (exact) mass is 396 g/mol. The Morgan fingerprint density at radius 3 is 2.00 bits per heavy atom. The minimum absolute atomic E-state index is 0.163. The average molecular weight is 397 g/mol.